The molecule has 4 heteroatoms. The second kappa shape index (κ2) is 5.37. The Morgan fingerprint density at radius 1 is 1.35 bits per heavy atom. The minimum atomic E-state index is -0.224. The molecule has 0 spiro atoms. The molecule has 1 aliphatic rings. The second-order valence-corrected chi connectivity index (χ2v) is 5.78. The van der Waals surface area contributed by atoms with Crippen LogP contribution in [0, 0.1) is 5.82 Å². The van der Waals surface area contributed by atoms with Crippen molar-refractivity contribution in [1.29, 1.82) is 0 Å². The number of nitrogens with one attached hydrogen (secondary N) is 1. The van der Waals surface area contributed by atoms with Crippen molar-refractivity contribution in [2.75, 3.05) is 0 Å². The van der Waals surface area contributed by atoms with Gasteiger partial charge in [0.15, 0.2) is 0 Å². The summed E-state index contributed by atoms with van der Waals surface area (Å²) in [6, 6.07) is 7.94. The highest BCUT2D eigenvalue weighted by atomic mass is 19.1. The number of hydrogen-bond donors (Lipinski definition) is 1. The molecule has 20 heavy (non-hydrogen) atoms. The van der Waals surface area contributed by atoms with Gasteiger partial charge >= 0.3 is 0 Å². The van der Waals surface area contributed by atoms with E-state index in [1.165, 1.54) is 12.8 Å². The molecule has 1 fully saturated rings. The molecule has 0 amide bonds. The molecule has 106 valence electrons. The highest BCUT2D eigenvalue weighted by Crippen LogP contribution is 2.21. The van der Waals surface area contributed by atoms with E-state index in [1.807, 2.05) is 18.3 Å². The quantitative estimate of drug-likeness (QED) is 0.905. The molecular formula is C16H20FN3. The van der Waals surface area contributed by atoms with Gasteiger partial charge in [-0.3, -0.25) is 0 Å². The molecule has 0 atom stereocenters. The Hall–Kier alpha value is -1.68. The number of rotatable bonds is 5. The van der Waals surface area contributed by atoms with E-state index in [4.69, 9.17) is 0 Å². The molecule has 3 rings (SSSR count). The standard InChI is InChI=1S/C16H20FN3/c1-11(2)15-7-8-20(19-15)16-6-3-12(9-14(16)17)10-18-13-4-5-13/h3,6-9,11,13,18H,4-5,10H2,1-2H3. The lowest BCUT2D eigenvalue weighted by atomic mass is 10.1. The Balaban J connectivity index is 1.78. The van der Waals surface area contributed by atoms with Crippen molar-refractivity contribution in [2.45, 2.75) is 45.2 Å². The first-order valence-corrected chi connectivity index (χ1v) is 7.21. The van der Waals surface area contributed by atoms with E-state index in [1.54, 1.807) is 16.8 Å². The average molecular weight is 273 g/mol. The summed E-state index contributed by atoms with van der Waals surface area (Å²) in [6.07, 6.45) is 4.30. The van der Waals surface area contributed by atoms with Gasteiger partial charge < -0.3 is 5.32 Å². The van der Waals surface area contributed by atoms with Crippen molar-refractivity contribution >= 4 is 0 Å². The van der Waals surface area contributed by atoms with Crippen LogP contribution in [-0.4, -0.2) is 15.8 Å². The Kier molecular flexibility index (Phi) is 3.57. The summed E-state index contributed by atoms with van der Waals surface area (Å²) in [6.45, 7) is 4.89. The highest BCUT2D eigenvalue weighted by molar-refractivity contribution is 5.36. The van der Waals surface area contributed by atoms with Crippen LogP contribution in [0.15, 0.2) is 30.5 Å². The zero-order chi connectivity index (χ0) is 14.1. The van der Waals surface area contributed by atoms with Crippen LogP contribution in [0.4, 0.5) is 4.39 Å². The molecule has 1 heterocycles. The van der Waals surface area contributed by atoms with Crippen LogP contribution < -0.4 is 5.32 Å². The average Bonchev–Trinajstić information content (AvgIpc) is 3.11. The Labute approximate surface area is 118 Å². The first kappa shape index (κ1) is 13.3. The van der Waals surface area contributed by atoms with Crippen LogP contribution in [0.3, 0.4) is 0 Å². The normalized spacial score (nSPS) is 15.0. The van der Waals surface area contributed by atoms with Gasteiger partial charge in [0.05, 0.1) is 5.69 Å². The highest BCUT2D eigenvalue weighted by Gasteiger charge is 2.20. The SMILES string of the molecule is CC(C)c1ccn(-c2ccc(CNC3CC3)cc2F)n1. The zero-order valence-electron chi connectivity index (χ0n) is 11.9. The Morgan fingerprint density at radius 3 is 2.75 bits per heavy atom. The third kappa shape index (κ3) is 2.90. The predicted molar refractivity (Wildman–Crippen MR) is 77.5 cm³/mol. The van der Waals surface area contributed by atoms with Gasteiger partial charge in [0, 0.05) is 18.8 Å². The predicted octanol–water partition coefficient (Wildman–Crippen LogP) is 3.39. The van der Waals surface area contributed by atoms with E-state index in [2.05, 4.69) is 24.3 Å². The maximum atomic E-state index is 14.2. The van der Waals surface area contributed by atoms with Crippen LogP contribution in [0.2, 0.25) is 0 Å². The van der Waals surface area contributed by atoms with Gasteiger partial charge in [0.25, 0.3) is 0 Å². The molecule has 3 nitrogen and oxygen atoms in total. The van der Waals surface area contributed by atoms with Crippen molar-refractivity contribution in [3.63, 3.8) is 0 Å². The number of halogens is 1. The molecule has 0 aliphatic heterocycles. The van der Waals surface area contributed by atoms with Crippen molar-refractivity contribution in [3.05, 3.63) is 47.5 Å². The molecule has 1 aromatic heterocycles. The largest absolute Gasteiger partial charge is 0.310 e. The Morgan fingerprint density at radius 2 is 2.15 bits per heavy atom. The number of aromatic nitrogens is 2. The van der Waals surface area contributed by atoms with Gasteiger partial charge in [-0.2, -0.15) is 5.10 Å². The van der Waals surface area contributed by atoms with E-state index in [9.17, 15) is 4.39 Å². The molecular weight excluding hydrogens is 253 g/mol. The summed E-state index contributed by atoms with van der Waals surface area (Å²) in [4.78, 5) is 0. The smallest absolute Gasteiger partial charge is 0.149 e. The van der Waals surface area contributed by atoms with Crippen molar-refractivity contribution in [1.82, 2.24) is 15.1 Å². The lowest BCUT2D eigenvalue weighted by Crippen LogP contribution is -2.15. The lowest BCUT2D eigenvalue weighted by Gasteiger charge is -2.07. The summed E-state index contributed by atoms with van der Waals surface area (Å²) in [5.74, 6) is 0.125. The molecule has 1 aromatic carbocycles. The summed E-state index contributed by atoms with van der Waals surface area (Å²) >= 11 is 0. The van der Waals surface area contributed by atoms with E-state index >= 15 is 0 Å². The Bertz CT molecular complexity index is 600. The lowest BCUT2D eigenvalue weighted by molar-refractivity contribution is 0.602. The fourth-order valence-corrected chi connectivity index (χ4v) is 2.18. The number of nitrogens with zero attached hydrogens (tertiary/aromatic N) is 2. The second-order valence-electron chi connectivity index (χ2n) is 5.78. The first-order valence-electron chi connectivity index (χ1n) is 7.21. The van der Waals surface area contributed by atoms with Crippen molar-refractivity contribution in [2.24, 2.45) is 0 Å². The van der Waals surface area contributed by atoms with E-state index < -0.39 is 0 Å². The van der Waals surface area contributed by atoms with Crippen molar-refractivity contribution in [3.8, 4) is 5.69 Å². The fourth-order valence-electron chi connectivity index (χ4n) is 2.18. The molecule has 0 saturated heterocycles. The van der Waals surface area contributed by atoms with Gasteiger partial charge in [0.1, 0.15) is 11.5 Å². The van der Waals surface area contributed by atoms with Crippen molar-refractivity contribution < 1.29 is 4.39 Å². The summed E-state index contributed by atoms with van der Waals surface area (Å²) in [5.41, 5.74) is 2.46. The van der Waals surface area contributed by atoms with Gasteiger partial charge in [-0.15, -0.1) is 0 Å². The minimum Gasteiger partial charge on any atom is -0.310 e. The summed E-state index contributed by atoms with van der Waals surface area (Å²) < 4.78 is 15.8. The minimum absolute atomic E-state index is 0.224. The van der Waals surface area contributed by atoms with Gasteiger partial charge in [-0.05, 0) is 42.5 Å². The first-order chi connectivity index (χ1) is 9.63. The van der Waals surface area contributed by atoms with Crippen LogP contribution in [0.25, 0.3) is 5.69 Å². The summed E-state index contributed by atoms with van der Waals surface area (Å²) in [7, 11) is 0. The zero-order valence-corrected chi connectivity index (χ0v) is 11.9. The maximum absolute atomic E-state index is 14.2. The van der Waals surface area contributed by atoms with Gasteiger partial charge in [0.2, 0.25) is 0 Å². The molecule has 1 N–H and O–H groups in total. The topological polar surface area (TPSA) is 29.9 Å². The van der Waals surface area contributed by atoms with Crippen LogP contribution in [0.5, 0.6) is 0 Å². The molecule has 0 bridgehead atoms. The monoisotopic (exact) mass is 273 g/mol. The number of hydrogen-bond acceptors (Lipinski definition) is 2. The van der Waals surface area contributed by atoms with E-state index in [0.717, 1.165) is 17.8 Å². The van der Waals surface area contributed by atoms with E-state index in [-0.39, 0.29) is 5.82 Å². The number of benzene rings is 1. The molecule has 0 unspecified atom stereocenters. The molecule has 2 aromatic rings. The van der Waals surface area contributed by atoms with Crippen LogP contribution in [0.1, 0.15) is 43.9 Å². The van der Waals surface area contributed by atoms with Crippen LogP contribution in [-0.2, 0) is 6.54 Å². The van der Waals surface area contributed by atoms with E-state index in [0.29, 0.717) is 17.6 Å². The van der Waals surface area contributed by atoms with Gasteiger partial charge in [-0.1, -0.05) is 19.9 Å². The fraction of sp³-hybridized carbons (Fsp3) is 0.438. The maximum Gasteiger partial charge on any atom is 0.149 e. The van der Waals surface area contributed by atoms with Crippen LogP contribution >= 0.6 is 0 Å². The molecule has 1 saturated carbocycles. The molecule has 1 aliphatic carbocycles. The van der Waals surface area contributed by atoms with Gasteiger partial charge in [-0.25, -0.2) is 9.07 Å². The third-order valence-electron chi connectivity index (χ3n) is 3.63. The third-order valence-corrected chi connectivity index (χ3v) is 3.63. The molecule has 0 radical (unpaired) electrons. The summed E-state index contributed by atoms with van der Waals surface area (Å²) in [5, 5.41) is 7.81.